The molecule has 4 aromatic rings. The average molecular weight is 545 g/mol. The molecule has 7 nitrogen and oxygen atoms in total. The second-order valence-electron chi connectivity index (χ2n) is 9.76. The molecule has 0 atom stereocenters. The molecule has 39 heavy (non-hydrogen) atoms. The van der Waals surface area contributed by atoms with E-state index in [1.165, 1.54) is 13.3 Å². The number of esters is 1. The van der Waals surface area contributed by atoms with Crippen LogP contribution in [0.25, 0.3) is 16.8 Å². The molecule has 2 aromatic heterocycles. The summed E-state index contributed by atoms with van der Waals surface area (Å²) in [6, 6.07) is 14.9. The smallest absolute Gasteiger partial charge is 0.339 e. The summed E-state index contributed by atoms with van der Waals surface area (Å²) in [5, 5.41) is 6.86. The number of rotatable bonds is 10. The number of methoxy groups -OCH3 is 1. The number of hydrogen-bond acceptors (Lipinski definition) is 7. The topological polar surface area (TPSA) is 83.7 Å². The number of fused-ring (bicyclic) bond motifs is 1. The molecule has 1 aliphatic carbocycles. The molecule has 0 aliphatic heterocycles. The number of halogens is 1. The normalized spacial score (nSPS) is 13.8. The maximum Gasteiger partial charge on any atom is 0.339 e. The Morgan fingerprint density at radius 1 is 1.10 bits per heavy atom. The zero-order valence-corrected chi connectivity index (χ0v) is 22.8. The lowest BCUT2D eigenvalue weighted by Crippen LogP contribution is -2.01. The van der Waals surface area contributed by atoms with Gasteiger partial charge in [0.15, 0.2) is 0 Å². The van der Waals surface area contributed by atoms with E-state index in [2.05, 4.69) is 24.0 Å². The minimum absolute atomic E-state index is 0.333. The number of ether oxygens (including phenoxy) is 3. The number of carbonyl (C=O) groups excluding carboxylic acids is 1. The van der Waals surface area contributed by atoms with E-state index in [-0.39, 0.29) is 0 Å². The maximum absolute atomic E-state index is 11.6. The third-order valence-electron chi connectivity index (χ3n) is 6.26. The van der Waals surface area contributed by atoms with Gasteiger partial charge in [-0.05, 0) is 72.0 Å². The average Bonchev–Trinajstić information content (AvgIpc) is 3.71. The van der Waals surface area contributed by atoms with Crippen molar-refractivity contribution in [3.63, 3.8) is 0 Å². The van der Waals surface area contributed by atoms with Gasteiger partial charge in [0.2, 0.25) is 5.88 Å². The second-order valence-corrected chi connectivity index (χ2v) is 10.2. The number of aromatic nitrogens is 2. The van der Waals surface area contributed by atoms with Crippen molar-refractivity contribution in [3.8, 4) is 17.4 Å². The first kappa shape index (κ1) is 26.5. The monoisotopic (exact) mass is 544 g/mol. The zero-order valence-electron chi connectivity index (χ0n) is 22.0. The van der Waals surface area contributed by atoms with E-state index in [4.69, 9.17) is 30.3 Å². The molecule has 8 heteroatoms. The van der Waals surface area contributed by atoms with Crippen molar-refractivity contribution in [2.75, 3.05) is 7.11 Å². The number of benzene rings is 2. The van der Waals surface area contributed by atoms with Crippen LogP contribution in [0.4, 0.5) is 0 Å². The lowest BCUT2D eigenvalue weighted by Gasteiger charge is -2.10. The van der Waals surface area contributed by atoms with Crippen LogP contribution in [0.15, 0.2) is 76.4 Å². The fourth-order valence-corrected chi connectivity index (χ4v) is 4.21. The summed E-state index contributed by atoms with van der Waals surface area (Å²) in [7, 11) is 1.33. The van der Waals surface area contributed by atoms with E-state index in [1.54, 1.807) is 12.1 Å². The molecule has 0 saturated heterocycles. The maximum atomic E-state index is 11.6. The van der Waals surface area contributed by atoms with E-state index in [1.807, 2.05) is 54.6 Å². The Bertz CT molecular complexity index is 1530. The van der Waals surface area contributed by atoms with Gasteiger partial charge < -0.3 is 18.7 Å². The number of nitrogens with zero attached hydrogens (tertiary/aromatic N) is 2. The first-order valence-electron chi connectivity index (χ1n) is 12.8. The van der Waals surface area contributed by atoms with Crippen molar-refractivity contribution in [1.29, 1.82) is 0 Å². The van der Waals surface area contributed by atoms with Crippen molar-refractivity contribution < 1.29 is 23.5 Å². The summed E-state index contributed by atoms with van der Waals surface area (Å²) in [5.74, 6) is 2.99. The molecule has 0 spiro atoms. The predicted octanol–water partition coefficient (Wildman–Crippen LogP) is 8.05. The van der Waals surface area contributed by atoms with Crippen LogP contribution < -0.4 is 9.47 Å². The summed E-state index contributed by atoms with van der Waals surface area (Å²) in [4.78, 5) is 15.8. The molecule has 0 amide bonds. The first-order chi connectivity index (χ1) is 18.9. The van der Waals surface area contributed by atoms with Gasteiger partial charge in [0, 0.05) is 23.2 Å². The highest BCUT2D eigenvalue weighted by Crippen LogP contribution is 2.43. The Morgan fingerprint density at radius 2 is 1.85 bits per heavy atom. The van der Waals surface area contributed by atoms with Crippen LogP contribution in [-0.4, -0.2) is 23.2 Å². The molecule has 2 heterocycles. The van der Waals surface area contributed by atoms with Gasteiger partial charge in [0.05, 0.1) is 18.2 Å². The van der Waals surface area contributed by atoms with Crippen molar-refractivity contribution >= 4 is 34.4 Å². The molecule has 0 unspecified atom stereocenters. The van der Waals surface area contributed by atoms with Gasteiger partial charge in [-0.2, -0.15) is 0 Å². The molecular formula is C31H29ClN2O5. The lowest BCUT2D eigenvalue weighted by atomic mass is 10.1. The fraction of sp³-hybridized carbons (Fsp3) is 0.258. The highest BCUT2D eigenvalue weighted by molar-refractivity contribution is 6.33. The molecular weight excluding hydrogens is 516 g/mol. The SMILES string of the molecule is COC(=O)c1ccc(Oc2ccc3cc(OCc4c(/C=C(Cl)/C=C\C(C)C)noc4C4CC4)ccc3c2)nc1. The predicted molar refractivity (Wildman–Crippen MR) is 150 cm³/mol. The van der Waals surface area contributed by atoms with Gasteiger partial charge in [-0.1, -0.05) is 48.8 Å². The Balaban J connectivity index is 1.29. The molecule has 1 saturated carbocycles. The zero-order chi connectivity index (χ0) is 27.4. The van der Waals surface area contributed by atoms with E-state index in [0.717, 1.165) is 40.7 Å². The van der Waals surface area contributed by atoms with Gasteiger partial charge in [-0.15, -0.1) is 0 Å². The summed E-state index contributed by atoms with van der Waals surface area (Å²) < 4.78 is 22.4. The van der Waals surface area contributed by atoms with Crippen molar-refractivity contribution in [2.45, 2.75) is 39.2 Å². The summed E-state index contributed by atoms with van der Waals surface area (Å²) in [6.07, 6.45) is 9.37. The van der Waals surface area contributed by atoms with Crippen LogP contribution in [0.3, 0.4) is 0 Å². The second kappa shape index (κ2) is 11.7. The Morgan fingerprint density at radius 3 is 2.51 bits per heavy atom. The van der Waals surface area contributed by atoms with Gasteiger partial charge in [0.25, 0.3) is 0 Å². The number of pyridine rings is 1. The van der Waals surface area contributed by atoms with Crippen LogP contribution in [0.5, 0.6) is 17.4 Å². The largest absolute Gasteiger partial charge is 0.489 e. The fourth-order valence-electron chi connectivity index (χ4n) is 4.03. The standard InChI is InChI=1S/C31H29ClN2O5/c1-19(2)4-10-24(32)16-28-27(30(39-34-28)20-5-6-20)18-37-25-11-7-22-15-26(12-8-21(22)14-25)38-29-13-9-23(17-33-29)31(35)36-3/h4,7-17,19-20H,5-6,18H2,1-3H3/b10-4-,24-16-. The molecule has 2 aromatic carbocycles. The highest BCUT2D eigenvalue weighted by atomic mass is 35.5. The van der Waals surface area contributed by atoms with Crippen LogP contribution in [-0.2, 0) is 11.3 Å². The minimum atomic E-state index is -0.444. The Kier molecular flexibility index (Phi) is 7.98. The van der Waals surface area contributed by atoms with Crippen molar-refractivity contribution in [3.05, 3.63) is 94.5 Å². The molecule has 0 radical (unpaired) electrons. The molecule has 0 N–H and O–H groups in total. The Labute approximate surface area is 232 Å². The van der Waals surface area contributed by atoms with E-state index in [9.17, 15) is 4.79 Å². The minimum Gasteiger partial charge on any atom is -0.489 e. The van der Waals surface area contributed by atoms with Crippen LogP contribution in [0, 0.1) is 5.92 Å². The van der Waals surface area contributed by atoms with Crippen LogP contribution in [0.2, 0.25) is 0 Å². The van der Waals surface area contributed by atoms with E-state index < -0.39 is 5.97 Å². The summed E-state index contributed by atoms with van der Waals surface area (Å²) in [5.41, 5.74) is 2.00. The Hall–Kier alpha value is -4.10. The lowest BCUT2D eigenvalue weighted by molar-refractivity contribution is 0.0600. The number of hydrogen-bond donors (Lipinski definition) is 0. The molecule has 200 valence electrons. The highest BCUT2D eigenvalue weighted by Gasteiger charge is 2.32. The van der Waals surface area contributed by atoms with Gasteiger partial charge in [-0.25, -0.2) is 9.78 Å². The molecule has 1 aliphatic rings. The van der Waals surface area contributed by atoms with E-state index >= 15 is 0 Å². The van der Waals surface area contributed by atoms with Gasteiger partial charge in [-0.3, -0.25) is 0 Å². The van der Waals surface area contributed by atoms with Crippen molar-refractivity contribution in [1.82, 2.24) is 10.1 Å². The summed E-state index contributed by atoms with van der Waals surface area (Å²) in [6.45, 7) is 4.53. The third kappa shape index (κ3) is 6.67. The molecule has 1 fully saturated rings. The van der Waals surface area contributed by atoms with Gasteiger partial charge >= 0.3 is 5.97 Å². The summed E-state index contributed by atoms with van der Waals surface area (Å²) >= 11 is 6.43. The molecule has 0 bridgehead atoms. The number of allylic oxidation sites excluding steroid dienone is 3. The van der Waals surface area contributed by atoms with E-state index in [0.29, 0.717) is 46.4 Å². The van der Waals surface area contributed by atoms with Crippen LogP contribution in [0.1, 0.15) is 60.0 Å². The van der Waals surface area contributed by atoms with Gasteiger partial charge in [0.1, 0.15) is 29.6 Å². The third-order valence-corrected chi connectivity index (χ3v) is 6.49. The quantitative estimate of drug-likeness (QED) is 0.147. The van der Waals surface area contributed by atoms with Crippen molar-refractivity contribution in [2.24, 2.45) is 5.92 Å². The molecule has 5 rings (SSSR count). The van der Waals surface area contributed by atoms with Crippen LogP contribution >= 0.6 is 11.6 Å². The number of carbonyl (C=O) groups is 1. The first-order valence-corrected chi connectivity index (χ1v) is 13.2.